The number of hydrogen-bond donors (Lipinski definition) is 2. The van der Waals surface area contributed by atoms with Crippen molar-refractivity contribution >= 4 is 28.8 Å². The van der Waals surface area contributed by atoms with Crippen LogP contribution in [-0.4, -0.2) is 32.2 Å². The summed E-state index contributed by atoms with van der Waals surface area (Å²) in [6.07, 6.45) is 3.01. The highest BCUT2D eigenvalue weighted by Gasteiger charge is 2.18. The van der Waals surface area contributed by atoms with Crippen LogP contribution in [0.2, 0.25) is 0 Å². The van der Waals surface area contributed by atoms with Crippen molar-refractivity contribution < 1.29 is 4.42 Å². The number of H-pyrrole nitrogens is 1. The molecule has 0 bridgehead atoms. The van der Waals surface area contributed by atoms with Gasteiger partial charge in [-0.05, 0) is 30.6 Å². The number of thioether (sulfide) groups is 1. The lowest BCUT2D eigenvalue weighted by Gasteiger charge is -2.14. The molecule has 2 aromatic heterocycles. The zero-order chi connectivity index (χ0) is 14.7. The predicted molar refractivity (Wildman–Crippen MR) is 84.5 cm³/mol. The first-order valence-corrected chi connectivity index (χ1v) is 8.16. The van der Waals surface area contributed by atoms with E-state index in [1.807, 2.05) is 24.3 Å². The van der Waals surface area contributed by atoms with Gasteiger partial charge in [-0.25, -0.2) is 4.98 Å². The predicted octanol–water partition coefficient (Wildman–Crippen LogP) is 3.16. The molecule has 0 amide bonds. The first-order chi connectivity index (χ1) is 10.3. The van der Waals surface area contributed by atoms with Gasteiger partial charge in [0.25, 0.3) is 0 Å². The summed E-state index contributed by atoms with van der Waals surface area (Å²) in [5.74, 6) is 2.45. The quantitative estimate of drug-likeness (QED) is 0.728. The molecule has 3 rings (SSSR count). The van der Waals surface area contributed by atoms with Crippen molar-refractivity contribution in [2.75, 3.05) is 17.3 Å². The van der Waals surface area contributed by atoms with Crippen LogP contribution in [0, 0.1) is 6.92 Å². The summed E-state index contributed by atoms with van der Waals surface area (Å²) in [5.41, 5.74) is 2.00. The summed E-state index contributed by atoms with van der Waals surface area (Å²) in [6, 6.07) is 8.45. The fraction of sp³-hybridized carbons (Fsp3) is 0.357. The summed E-state index contributed by atoms with van der Waals surface area (Å²) in [5, 5.41) is 11.1. The van der Waals surface area contributed by atoms with Crippen LogP contribution in [0.3, 0.4) is 0 Å². The average Bonchev–Trinajstić information content (AvgIpc) is 3.09. The van der Waals surface area contributed by atoms with Crippen molar-refractivity contribution in [3.63, 3.8) is 0 Å². The lowest BCUT2D eigenvalue weighted by Crippen LogP contribution is -2.13. The Morgan fingerprint density at radius 1 is 1.33 bits per heavy atom. The number of fused-ring (bicyclic) bond motifs is 1. The normalized spacial score (nSPS) is 12.7. The van der Waals surface area contributed by atoms with Gasteiger partial charge in [-0.3, -0.25) is 0 Å². The number of hydrogen-bond acceptors (Lipinski definition) is 6. The molecule has 3 aromatic rings. The van der Waals surface area contributed by atoms with Gasteiger partial charge < -0.3 is 14.7 Å². The van der Waals surface area contributed by atoms with Crippen LogP contribution in [0.1, 0.15) is 24.2 Å². The monoisotopic (exact) mass is 303 g/mol. The van der Waals surface area contributed by atoms with Crippen LogP contribution in [0.4, 0.5) is 6.01 Å². The molecule has 1 aromatic carbocycles. The Bertz CT molecular complexity index is 690. The smallest absolute Gasteiger partial charge is 0.316 e. The van der Waals surface area contributed by atoms with E-state index in [9.17, 15) is 0 Å². The van der Waals surface area contributed by atoms with E-state index in [4.69, 9.17) is 4.42 Å². The van der Waals surface area contributed by atoms with Gasteiger partial charge in [0.1, 0.15) is 5.82 Å². The molecular formula is C14H17N5OS. The summed E-state index contributed by atoms with van der Waals surface area (Å²) >= 11 is 1.80. The van der Waals surface area contributed by atoms with E-state index in [0.717, 1.165) is 29.0 Å². The van der Waals surface area contributed by atoms with Crippen LogP contribution in [0.15, 0.2) is 28.7 Å². The summed E-state index contributed by atoms with van der Waals surface area (Å²) in [7, 11) is 0. The minimum Gasteiger partial charge on any atom is -0.408 e. The zero-order valence-electron chi connectivity index (χ0n) is 12.0. The number of aromatic nitrogens is 4. The lowest BCUT2D eigenvalue weighted by molar-refractivity contribution is 0.519. The third kappa shape index (κ3) is 3.18. The summed E-state index contributed by atoms with van der Waals surface area (Å²) in [4.78, 5) is 8.01. The Hall–Kier alpha value is -2.02. The number of para-hydroxylation sites is 2. The van der Waals surface area contributed by atoms with Gasteiger partial charge in [-0.2, -0.15) is 11.8 Å². The Kier molecular flexibility index (Phi) is 4.10. The van der Waals surface area contributed by atoms with E-state index in [-0.39, 0.29) is 6.04 Å². The average molecular weight is 303 g/mol. The number of imidazole rings is 1. The maximum atomic E-state index is 5.41. The number of benzene rings is 1. The molecule has 0 aliphatic rings. The van der Waals surface area contributed by atoms with E-state index < -0.39 is 0 Å². The van der Waals surface area contributed by atoms with E-state index in [0.29, 0.717) is 11.9 Å². The van der Waals surface area contributed by atoms with Gasteiger partial charge in [-0.1, -0.05) is 17.2 Å². The summed E-state index contributed by atoms with van der Waals surface area (Å²) < 4.78 is 5.41. The Balaban J connectivity index is 1.86. The number of aryl methyl sites for hydroxylation is 1. The topological polar surface area (TPSA) is 79.6 Å². The highest BCUT2D eigenvalue weighted by Crippen LogP contribution is 2.23. The highest BCUT2D eigenvalue weighted by molar-refractivity contribution is 7.98. The molecule has 0 saturated heterocycles. The Morgan fingerprint density at radius 3 is 2.90 bits per heavy atom. The highest BCUT2D eigenvalue weighted by atomic mass is 32.2. The maximum Gasteiger partial charge on any atom is 0.316 e. The van der Waals surface area contributed by atoms with Gasteiger partial charge in [0.05, 0.1) is 17.1 Å². The number of rotatable bonds is 6. The van der Waals surface area contributed by atoms with Gasteiger partial charge >= 0.3 is 6.01 Å². The van der Waals surface area contributed by atoms with E-state index in [2.05, 4.69) is 31.7 Å². The molecule has 1 atom stereocenters. The molecule has 0 unspecified atom stereocenters. The number of anilines is 1. The molecule has 0 spiro atoms. The molecule has 6 nitrogen and oxygen atoms in total. The maximum absolute atomic E-state index is 5.41. The third-order valence-corrected chi connectivity index (χ3v) is 3.82. The van der Waals surface area contributed by atoms with Crippen molar-refractivity contribution in [1.29, 1.82) is 0 Å². The van der Waals surface area contributed by atoms with Crippen LogP contribution in [0.5, 0.6) is 0 Å². The van der Waals surface area contributed by atoms with Crippen molar-refractivity contribution in [3.8, 4) is 0 Å². The fourth-order valence-electron chi connectivity index (χ4n) is 2.15. The molecule has 0 radical (unpaired) electrons. The third-order valence-electron chi connectivity index (χ3n) is 3.17. The van der Waals surface area contributed by atoms with Crippen molar-refractivity contribution in [2.24, 2.45) is 0 Å². The van der Waals surface area contributed by atoms with Crippen molar-refractivity contribution in [3.05, 3.63) is 36.0 Å². The van der Waals surface area contributed by atoms with Crippen LogP contribution in [0.25, 0.3) is 11.0 Å². The van der Waals surface area contributed by atoms with Crippen molar-refractivity contribution in [2.45, 2.75) is 19.4 Å². The number of nitrogens with zero attached hydrogens (tertiary/aromatic N) is 3. The second-order valence-corrected chi connectivity index (χ2v) is 5.73. The van der Waals surface area contributed by atoms with Crippen LogP contribution >= 0.6 is 11.8 Å². The molecule has 2 N–H and O–H groups in total. The SMILES string of the molecule is CSCC[C@@H](Nc1nnc(C)o1)c1nc2ccccc2[nH]1. The van der Waals surface area contributed by atoms with Gasteiger partial charge in [0.15, 0.2) is 0 Å². The molecular weight excluding hydrogens is 286 g/mol. The molecule has 21 heavy (non-hydrogen) atoms. The molecule has 0 fully saturated rings. The standard InChI is InChI=1S/C14H17N5OS/c1-9-18-19-14(20-9)17-12(7-8-21-2)13-15-10-5-3-4-6-11(10)16-13/h3-6,12H,7-8H2,1-2H3,(H,15,16)(H,17,19)/t12-/m1/s1. The van der Waals surface area contributed by atoms with Crippen LogP contribution in [-0.2, 0) is 0 Å². The number of nitrogens with one attached hydrogen (secondary N) is 2. The first kappa shape index (κ1) is 13.9. The fourth-order valence-corrected chi connectivity index (χ4v) is 2.63. The molecule has 7 heteroatoms. The molecule has 110 valence electrons. The number of aromatic amines is 1. The Labute approximate surface area is 126 Å². The Morgan fingerprint density at radius 2 is 2.19 bits per heavy atom. The molecule has 2 heterocycles. The van der Waals surface area contributed by atoms with Gasteiger partial charge in [0.2, 0.25) is 5.89 Å². The second-order valence-electron chi connectivity index (χ2n) is 4.74. The summed E-state index contributed by atoms with van der Waals surface area (Å²) in [6.45, 7) is 1.77. The lowest BCUT2D eigenvalue weighted by atomic mass is 10.2. The molecule has 0 aliphatic heterocycles. The molecule has 0 saturated carbocycles. The van der Waals surface area contributed by atoms with Crippen molar-refractivity contribution in [1.82, 2.24) is 20.2 Å². The minimum absolute atomic E-state index is 0.0182. The molecule has 0 aliphatic carbocycles. The first-order valence-electron chi connectivity index (χ1n) is 6.76. The van der Waals surface area contributed by atoms with Crippen LogP contribution < -0.4 is 5.32 Å². The second kappa shape index (κ2) is 6.17. The van der Waals surface area contributed by atoms with Gasteiger partial charge in [0, 0.05) is 6.92 Å². The van der Waals surface area contributed by atoms with E-state index >= 15 is 0 Å². The largest absolute Gasteiger partial charge is 0.408 e. The van der Waals surface area contributed by atoms with E-state index in [1.54, 1.807) is 18.7 Å². The zero-order valence-corrected chi connectivity index (χ0v) is 12.8. The van der Waals surface area contributed by atoms with Gasteiger partial charge in [-0.15, -0.1) is 5.10 Å². The van der Waals surface area contributed by atoms with E-state index in [1.165, 1.54) is 0 Å². The minimum atomic E-state index is 0.0182.